The van der Waals surface area contributed by atoms with Crippen LogP contribution in [-0.2, 0) is 9.59 Å². The number of carbonyl (C=O) groups is 2. The average Bonchev–Trinajstić information content (AvgIpc) is 2.55. The van der Waals surface area contributed by atoms with Gasteiger partial charge in [0.25, 0.3) is 0 Å². The van der Waals surface area contributed by atoms with E-state index in [1.54, 1.807) is 27.2 Å². The Labute approximate surface area is 137 Å². The van der Waals surface area contributed by atoms with Crippen LogP contribution < -0.4 is 10.6 Å². The zero-order valence-electron chi connectivity index (χ0n) is 14.0. The highest BCUT2D eigenvalue weighted by Gasteiger charge is 2.26. The van der Waals surface area contributed by atoms with Crippen molar-refractivity contribution < 1.29 is 9.59 Å². The standard InChI is InChI=1S/C16H25N5O2/c1-12(16(23)20(2)3)19-15(22)11-21-8-7-18-10-14(21)13-5-4-6-17-9-13/h4-6,9,12,14,18H,7-8,10-11H2,1-3H3,(H,19,22). The SMILES string of the molecule is CC(NC(=O)CN1CCNCC1c1cccnc1)C(=O)N(C)C. The van der Waals surface area contributed by atoms with Gasteiger partial charge in [0.15, 0.2) is 0 Å². The van der Waals surface area contributed by atoms with Gasteiger partial charge >= 0.3 is 0 Å². The molecule has 0 radical (unpaired) electrons. The zero-order chi connectivity index (χ0) is 16.8. The lowest BCUT2D eigenvalue weighted by Gasteiger charge is -2.36. The quantitative estimate of drug-likeness (QED) is 0.774. The second kappa shape index (κ2) is 8.03. The molecule has 1 saturated heterocycles. The summed E-state index contributed by atoms with van der Waals surface area (Å²) in [6.07, 6.45) is 3.58. The molecule has 7 heteroatoms. The summed E-state index contributed by atoms with van der Waals surface area (Å²) in [7, 11) is 3.36. The van der Waals surface area contributed by atoms with Crippen molar-refractivity contribution in [2.24, 2.45) is 0 Å². The van der Waals surface area contributed by atoms with Crippen molar-refractivity contribution in [1.82, 2.24) is 25.4 Å². The summed E-state index contributed by atoms with van der Waals surface area (Å²) >= 11 is 0. The summed E-state index contributed by atoms with van der Waals surface area (Å²) < 4.78 is 0. The van der Waals surface area contributed by atoms with E-state index in [1.165, 1.54) is 4.90 Å². The van der Waals surface area contributed by atoms with Gasteiger partial charge in [0.1, 0.15) is 6.04 Å². The van der Waals surface area contributed by atoms with Crippen molar-refractivity contribution >= 4 is 11.8 Å². The van der Waals surface area contributed by atoms with E-state index in [9.17, 15) is 9.59 Å². The number of likely N-dealkylation sites (N-methyl/N-ethyl adjacent to an activating group) is 1. The molecule has 2 rings (SSSR count). The maximum Gasteiger partial charge on any atom is 0.244 e. The van der Waals surface area contributed by atoms with Crippen LogP contribution in [0.1, 0.15) is 18.5 Å². The lowest BCUT2D eigenvalue weighted by Crippen LogP contribution is -2.52. The van der Waals surface area contributed by atoms with E-state index in [0.29, 0.717) is 0 Å². The van der Waals surface area contributed by atoms with E-state index >= 15 is 0 Å². The monoisotopic (exact) mass is 319 g/mol. The molecule has 0 spiro atoms. The molecule has 2 heterocycles. The first-order valence-electron chi connectivity index (χ1n) is 7.84. The molecule has 2 unspecified atom stereocenters. The van der Waals surface area contributed by atoms with Crippen LogP contribution in [0.15, 0.2) is 24.5 Å². The number of rotatable bonds is 5. The van der Waals surface area contributed by atoms with Gasteiger partial charge in [-0.3, -0.25) is 19.5 Å². The van der Waals surface area contributed by atoms with E-state index < -0.39 is 6.04 Å². The molecule has 7 nitrogen and oxygen atoms in total. The number of carbonyl (C=O) groups excluding carboxylic acids is 2. The van der Waals surface area contributed by atoms with Crippen LogP contribution in [-0.4, -0.2) is 72.9 Å². The molecule has 0 aliphatic carbocycles. The summed E-state index contributed by atoms with van der Waals surface area (Å²) in [5.41, 5.74) is 1.09. The van der Waals surface area contributed by atoms with Crippen LogP contribution in [0, 0.1) is 0 Å². The summed E-state index contributed by atoms with van der Waals surface area (Å²) in [5.74, 6) is -0.244. The molecular weight excluding hydrogens is 294 g/mol. The van der Waals surface area contributed by atoms with Gasteiger partial charge in [0, 0.05) is 52.2 Å². The average molecular weight is 319 g/mol. The normalized spacial score (nSPS) is 19.9. The second-order valence-corrected chi connectivity index (χ2v) is 6.00. The van der Waals surface area contributed by atoms with Gasteiger partial charge in [-0.2, -0.15) is 0 Å². The fourth-order valence-electron chi connectivity index (χ4n) is 2.76. The number of nitrogens with one attached hydrogen (secondary N) is 2. The first-order chi connectivity index (χ1) is 11.0. The molecule has 1 aliphatic heterocycles. The topological polar surface area (TPSA) is 77.6 Å². The molecular formula is C16H25N5O2. The number of aromatic nitrogens is 1. The van der Waals surface area contributed by atoms with Crippen LogP contribution in [0.25, 0.3) is 0 Å². The Kier molecular flexibility index (Phi) is 6.06. The predicted octanol–water partition coefficient (Wildman–Crippen LogP) is -0.379. The Morgan fingerprint density at radius 1 is 1.52 bits per heavy atom. The fourth-order valence-corrected chi connectivity index (χ4v) is 2.76. The third-order valence-electron chi connectivity index (χ3n) is 3.96. The maximum atomic E-state index is 12.3. The summed E-state index contributed by atoms with van der Waals surface area (Å²) in [5, 5.41) is 6.12. The third kappa shape index (κ3) is 4.74. The van der Waals surface area contributed by atoms with Gasteiger partial charge in [0.2, 0.25) is 11.8 Å². The lowest BCUT2D eigenvalue weighted by molar-refractivity contribution is -0.134. The highest BCUT2D eigenvalue weighted by Crippen LogP contribution is 2.20. The van der Waals surface area contributed by atoms with Crippen LogP contribution in [0.3, 0.4) is 0 Å². The molecule has 2 atom stereocenters. The first-order valence-corrected chi connectivity index (χ1v) is 7.84. The van der Waals surface area contributed by atoms with Crippen molar-refractivity contribution in [3.63, 3.8) is 0 Å². The molecule has 1 aromatic heterocycles. The Hall–Kier alpha value is -1.99. The number of pyridine rings is 1. The van der Waals surface area contributed by atoms with E-state index in [-0.39, 0.29) is 24.4 Å². The molecule has 1 fully saturated rings. The maximum absolute atomic E-state index is 12.3. The molecule has 1 aliphatic rings. The number of piperazine rings is 1. The molecule has 0 aromatic carbocycles. The smallest absolute Gasteiger partial charge is 0.244 e. The lowest BCUT2D eigenvalue weighted by atomic mass is 10.1. The number of hydrogen-bond acceptors (Lipinski definition) is 5. The highest BCUT2D eigenvalue weighted by atomic mass is 16.2. The molecule has 2 N–H and O–H groups in total. The van der Waals surface area contributed by atoms with E-state index in [4.69, 9.17) is 0 Å². The molecule has 0 bridgehead atoms. The molecule has 2 amide bonds. The second-order valence-electron chi connectivity index (χ2n) is 6.00. The largest absolute Gasteiger partial charge is 0.347 e. The third-order valence-corrected chi connectivity index (χ3v) is 3.96. The number of nitrogens with zero attached hydrogens (tertiary/aromatic N) is 3. The van der Waals surface area contributed by atoms with Crippen LogP contribution in [0.4, 0.5) is 0 Å². The minimum absolute atomic E-state index is 0.109. The Morgan fingerprint density at radius 2 is 2.30 bits per heavy atom. The number of hydrogen-bond donors (Lipinski definition) is 2. The highest BCUT2D eigenvalue weighted by molar-refractivity contribution is 5.87. The van der Waals surface area contributed by atoms with E-state index in [0.717, 1.165) is 25.2 Å². The predicted molar refractivity (Wildman–Crippen MR) is 87.7 cm³/mol. The van der Waals surface area contributed by atoms with Crippen LogP contribution >= 0.6 is 0 Å². The Bertz CT molecular complexity index is 535. The fraction of sp³-hybridized carbons (Fsp3) is 0.562. The summed E-state index contributed by atoms with van der Waals surface area (Å²) in [6, 6.07) is 3.52. The minimum Gasteiger partial charge on any atom is -0.347 e. The van der Waals surface area contributed by atoms with Gasteiger partial charge in [-0.05, 0) is 18.6 Å². The molecule has 0 saturated carbocycles. The Balaban J connectivity index is 1.96. The molecule has 1 aromatic rings. The van der Waals surface area contributed by atoms with Crippen molar-refractivity contribution in [2.75, 3.05) is 40.3 Å². The van der Waals surface area contributed by atoms with Crippen molar-refractivity contribution in [1.29, 1.82) is 0 Å². The van der Waals surface area contributed by atoms with Crippen molar-refractivity contribution in [3.05, 3.63) is 30.1 Å². The van der Waals surface area contributed by atoms with Crippen molar-refractivity contribution in [2.45, 2.75) is 19.0 Å². The first kappa shape index (κ1) is 17.4. The van der Waals surface area contributed by atoms with Gasteiger partial charge in [-0.25, -0.2) is 0 Å². The number of amides is 2. The van der Waals surface area contributed by atoms with Gasteiger partial charge < -0.3 is 15.5 Å². The van der Waals surface area contributed by atoms with E-state index in [2.05, 4.69) is 20.5 Å². The Morgan fingerprint density at radius 3 is 2.96 bits per heavy atom. The van der Waals surface area contributed by atoms with Crippen LogP contribution in [0.5, 0.6) is 0 Å². The minimum atomic E-state index is -0.516. The zero-order valence-corrected chi connectivity index (χ0v) is 14.0. The van der Waals surface area contributed by atoms with Crippen LogP contribution in [0.2, 0.25) is 0 Å². The molecule has 126 valence electrons. The molecule has 23 heavy (non-hydrogen) atoms. The van der Waals surface area contributed by atoms with Gasteiger partial charge in [-0.15, -0.1) is 0 Å². The van der Waals surface area contributed by atoms with Gasteiger partial charge in [-0.1, -0.05) is 6.07 Å². The van der Waals surface area contributed by atoms with Crippen molar-refractivity contribution in [3.8, 4) is 0 Å². The summed E-state index contributed by atoms with van der Waals surface area (Å²) in [4.78, 5) is 31.9. The van der Waals surface area contributed by atoms with Gasteiger partial charge in [0.05, 0.1) is 6.54 Å². The summed E-state index contributed by atoms with van der Waals surface area (Å²) in [6.45, 7) is 4.38. The van der Waals surface area contributed by atoms with E-state index in [1.807, 2.05) is 18.3 Å².